The Balaban J connectivity index is 1.40. The van der Waals surface area contributed by atoms with Crippen LogP contribution in [-0.4, -0.2) is 20.9 Å². The first-order chi connectivity index (χ1) is 14.5. The molecule has 0 atom stereocenters. The number of benzene rings is 1. The number of pyridine rings is 1. The lowest BCUT2D eigenvalue weighted by atomic mass is 10.2. The maximum absolute atomic E-state index is 12.2. The van der Waals surface area contributed by atoms with Gasteiger partial charge in [0.1, 0.15) is 23.8 Å². The van der Waals surface area contributed by atoms with Gasteiger partial charge in [-0.05, 0) is 61.0 Å². The number of amides is 1. The van der Waals surface area contributed by atoms with Crippen LogP contribution < -0.4 is 16.0 Å². The summed E-state index contributed by atoms with van der Waals surface area (Å²) in [7, 11) is 0. The molecule has 0 bridgehead atoms. The summed E-state index contributed by atoms with van der Waals surface area (Å²) in [6, 6.07) is 16.4. The van der Waals surface area contributed by atoms with Crippen LogP contribution in [-0.2, 0) is 0 Å². The molecule has 4 aromatic rings. The van der Waals surface area contributed by atoms with E-state index in [1.807, 2.05) is 43.3 Å². The van der Waals surface area contributed by atoms with Gasteiger partial charge in [0.25, 0.3) is 5.91 Å². The minimum absolute atomic E-state index is 0.191. The number of aromatic nitrogens is 3. The molecule has 0 aliphatic rings. The van der Waals surface area contributed by atoms with Crippen LogP contribution in [0.2, 0.25) is 4.34 Å². The monoisotopic (exact) mass is 436 g/mol. The van der Waals surface area contributed by atoms with Crippen molar-refractivity contribution >= 4 is 57.7 Å². The molecule has 0 unspecified atom stereocenters. The van der Waals surface area contributed by atoms with Gasteiger partial charge in [-0.1, -0.05) is 11.6 Å². The average Bonchev–Trinajstić information content (AvgIpc) is 3.16. The third-order valence-corrected chi connectivity index (χ3v) is 5.28. The Bertz CT molecular complexity index is 1180. The second-order valence-corrected chi connectivity index (χ2v) is 8.11. The Labute approximate surface area is 182 Å². The lowest BCUT2D eigenvalue weighted by Gasteiger charge is -2.09. The number of rotatable bonds is 6. The fourth-order valence-corrected chi connectivity index (χ4v) is 3.58. The third kappa shape index (κ3) is 5.11. The number of thiophene rings is 1. The first-order valence-electron chi connectivity index (χ1n) is 9.01. The largest absolute Gasteiger partial charge is 0.340 e. The lowest BCUT2D eigenvalue weighted by Crippen LogP contribution is -2.09. The van der Waals surface area contributed by atoms with E-state index in [9.17, 15) is 4.79 Å². The molecule has 0 fully saturated rings. The quantitative estimate of drug-likeness (QED) is 0.362. The summed E-state index contributed by atoms with van der Waals surface area (Å²) in [5.41, 5.74) is 2.62. The first-order valence-corrected chi connectivity index (χ1v) is 10.2. The highest BCUT2D eigenvalue weighted by molar-refractivity contribution is 7.18. The van der Waals surface area contributed by atoms with Gasteiger partial charge < -0.3 is 16.0 Å². The Morgan fingerprint density at radius 1 is 0.867 bits per heavy atom. The molecule has 3 aromatic heterocycles. The van der Waals surface area contributed by atoms with Crippen molar-refractivity contribution in [1.29, 1.82) is 0 Å². The van der Waals surface area contributed by atoms with E-state index in [2.05, 4.69) is 30.9 Å². The fourth-order valence-electron chi connectivity index (χ4n) is 2.64. The molecule has 1 aromatic carbocycles. The molecule has 150 valence electrons. The predicted octanol–water partition coefficient (Wildman–Crippen LogP) is 5.63. The molecule has 0 saturated heterocycles. The molecule has 0 aliphatic heterocycles. The highest BCUT2D eigenvalue weighted by Gasteiger charge is 2.09. The minimum atomic E-state index is -0.191. The maximum Gasteiger partial charge on any atom is 0.265 e. The summed E-state index contributed by atoms with van der Waals surface area (Å²) in [6.45, 7) is 2.00. The minimum Gasteiger partial charge on any atom is -0.340 e. The van der Waals surface area contributed by atoms with Crippen LogP contribution >= 0.6 is 22.9 Å². The SMILES string of the molecule is Cc1ccnc(Nc2cc(Nc3ccc(NC(=O)c4ccc(Cl)s4)cc3)ncn2)c1. The van der Waals surface area contributed by atoms with Crippen molar-refractivity contribution in [2.45, 2.75) is 6.92 Å². The highest BCUT2D eigenvalue weighted by atomic mass is 35.5. The van der Waals surface area contributed by atoms with Crippen molar-refractivity contribution in [3.8, 4) is 0 Å². The van der Waals surface area contributed by atoms with E-state index < -0.39 is 0 Å². The standard InChI is InChI=1S/C21H17ClN6OS/c1-13-8-9-23-18(10-13)28-20-11-19(24-12-25-20)26-14-2-4-15(5-3-14)27-21(29)16-6-7-17(22)30-16/h2-12H,1H3,(H,27,29)(H2,23,24,25,26,28). The number of halogens is 1. The Kier molecular flexibility index (Phi) is 5.87. The number of carbonyl (C=O) groups is 1. The Morgan fingerprint density at radius 2 is 1.57 bits per heavy atom. The molecule has 7 nitrogen and oxygen atoms in total. The topological polar surface area (TPSA) is 91.8 Å². The van der Waals surface area contributed by atoms with E-state index in [1.54, 1.807) is 24.4 Å². The lowest BCUT2D eigenvalue weighted by molar-refractivity contribution is 0.103. The van der Waals surface area contributed by atoms with Gasteiger partial charge >= 0.3 is 0 Å². The van der Waals surface area contributed by atoms with Crippen LogP contribution in [0.15, 0.2) is 67.1 Å². The smallest absolute Gasteiger partial charge is 0.265 e. The van der Waals surface area contributed by atoms with Gasteiger partial charge in [0, 0.05) is 23.6 Å². The van der Waals surface area contributed by atoms with E-state index in [0.717, 1.165) is 11.3 Å². The number of hydrogen-bond donors (Lipinski definition) is 3. The van der Waals surface area contributed by atoms with Crippen molar-refractivity contribution in [3.05, 3.63) is 81.9 Å². The van der Waals surface area contributed by atoms with Gasteiger partial charge in [-0.2, -0.15) is 0 Å². The summed E-state index contributed by atoms with van der Waals surface area (Å²) in [5.74, 6) is 1.78. The summed E-state index contributed by atoms with van der Waals surface area (Å²) >= 11 is 7.12. The van der Waals surface area contributed by atoms with E-state index in [0.29, 0.717) is 32.4 Å². The number of anilines is 5. The van der Waals surface area contributed by atoms with Crippen LogP contribution in [0.1, 0.15) is 15.2 Å². The van der Waals surface area contributed by atoms with Crippen molar-refractivity contribution in [2.75, 3.05) is 16.0 Å². The molecule has 1 amide bonds. The molecule has 3 N–H and O–H groups in total. The molecule has 30 heavy (non-hydrogen) atoms. The third-order valence-electron chi connectivity index (χ3n) is 4.05. The highest BCUT2D eigenvalue weighted by Crippen LogP contribution is 2.24. The van der Waals surface area contributed by atoms with Crippen LogP contribution in [0.4, 0.5) is 28.8 Å². The zero-order chi connectivity index (χ0) is 20.9. The van der Waals surface area contributed by atoms with Crippen molar-refractivity contribution in [1.82, 2.24) is 15.0 Å². The zero-order valence-corrected chi connectivity index (χ0v) is 17.5. The summed E-state index contributed by atoms with van der Waals surface area (Å²) in [6.07, 6.45) is 3.21. The van der Waals surface area contributed by atoms with Crippen LogP contribution in [0, 0.1) is 6.92 Å². The van der Waals surface area contributed by atoms with Gasteiger partial charge in [0.2, 0.25) is 0 Å². The first kappa shape index (κ1) is 19.8. The second-order valence-electron chi connectivity index (χ2n) is 6.39. The van der Waals surface area contributed by atoms with Crippen molar-refractivity contribution in [3.63, 3.8) is 0 Å². The van der Waals surface area contributed by atoms with Crippen LogP contribution in [0.25, 0.3) is 0 Å². The fraction of sp³-hybridized carbons (Fsp3) is 0.0476. The van der Waals surface area contributed by atoms with Crippen molar-refractivity contribution < 1.29 is 4.79 Å². The van der Waals surface area contributed by atoms with E-state index in [-0.39, 0.29) is 5.91 Å². The Morgan fingerprint density at radius 3 is 2.27 bits per heavy atom. The van der Waals surface area contributed by atoms with Gasteiger partial charge in [-0.3, -0.25) is 4.79 Å². The molecule has 0 radical (unpaired) electrons. The molecular formula is C21H17ClN6OS. The van der Waals surface area contributed by atoms with Crippen LogP contribution in [0.5, 0.6) is 0 Å². The maximum atomic E-state index is 12.2. The molecular weight excluding hydrogens is 420 g/mol. The summed E-state index contributed by atoms with van der Waals surface area (Å²) < 4.78 is 0.580. The van der Waals surface area contributed by atoms with Gasteiger partial charge in [0.05, 0.1) is 9.21 Å². The van der Waals surface area contributed by atoms with E-state index >= 15 is 0 Å². The van der Waals surface area contributed by atoms with Crippen LogP contribution in [0.3, 0.4) is 0 Å². The average molecular weight is 437 g/mol. The van der Waals surface area contributed by atoms with Crippen molar-refractivity contribution in [2.24, 2.45) is 0 Å². The number of carbonyl (C=O) groups excluding carboxylic acids is 1. The zero-order valence-electron chi connectivity index (χ0n) is 15.9. The molecule has 4 rings (SSSR count). The number of hydrogen-bond acceptors (Lipinski definition) is 7. The number of aryl methyl sites for hydroxylation is 1. The molecule has 0 aliphatic carbocycles. The number of nitrogens with one attached hydrogen (secondary N) is 3. The summed E-state index contributed by atoms with van der Waals surface area (Å²) in [5, 5.41) is 9.22. The van der Waals surface area contributed by atoms with Gasteiger partial charge in [-0.15, -0.1) is 11.3 Å². The molecule has 3 heterocycles. The molecule has 0 spiro atoms. The molecule has 9 heteroatoms. The van der Waals surface area contributed by atoms with Gasteiger partial charge in [0.15, 0.2) is 0 Å². The van der Waals surface area contributed by atoms with E-state index in [4.69, 9.17) is 11.6 Å². The normalized spacial score (nSPS) is 10.5. The van der Waals surface area contributed by atoms with Gasteiger partial charge in [-0.25, -0.2) is 15.0 Å². The van der Waals surface area contributed by atoms with E-state index in [1.165, 1.54) is 17.7 Å². The second kappa shape index (κ2) is 8.89. The number of nitrogens with zero attached hydrogens (tertiary/aromatic N) is 3. The predicted molar refractivity (Wildman–Crippen MR) is 121 cm³/mol. The Hall–Kier alpha value is -3.49. The summed E-state index contributed by atoms with van der Waals surface area (Å²) in [4.78, 5) is 25.5. The molecule has 0 saturated carbocycles.